The molecule has 1 spiro atoms. The van der Waals surface area contributed by atoms with E-state index in [0.29, 0.717) is 13.0 Å². The smallest absolute Gasteiger partial charge is 0.334 e. The number of hydrogen-bond acceptors (Lipinski definition) is 5. The molecule has 0 aromatic heterocycles. The van der Waals surface area contributed by atoms with Crippen molar-refractivity contribution in [3.05, 3.63) is 23.3 Å². The fourth-order valence-corrected chi connectivity index (χ4v) is 5.53. The highest BCUT2D eigenvalue weighted by Gasteiger charge is 2.61. The van der Waals surface area contributed by atoms with Crippen LogP contribution in [-0.4, -0.2) is 42.3 Å². The number of hydrogen-bond donors (Lipinski definition) is 2. The summed E-state index contributed by atoms with van der Waals surface area (Å²) in [7, 11) is 0. The molecule has 4 atom stereocenters. The van der Waals surface area contributed by atoms with Crippen molar-refractivity contribution in [2.75, 3.05) is 19.8 Å². The number of esters is 1. The summed E-state index contributed by atoms with van der Waals surface area (Å²) in [5.41, 5.74) is 1.15. The summed E-state index contributed by atoms with van der Waals surface area (Å²) in [4.78, 5) is 24.0. The van der Waals surface area contributed by atoms with Crippen LogP contribution in [0, 0.1) is 22.7 Å². The molecular formula is C20H28O5. The van der Waals surface area contributed by atoms with E-state index in [-0.39, 0.29) is 41.8 Å². The van der Waals surface area contributed by atoms with Gasteiger partial charge in [-0.15, -0.1) is 0 Å². The van der Waals surface area contributed by atoms with Crippen LogP contribution in [-0.2, 0) is 14.3 Å². The van der Waals surface area contributed by atoms with Gasteiger partial charge in [0, 0.05) is 16.9 Å². The third kappa shape index (κ3) is 2.87. The first kappa shape index (κ1) is 18.3. The maximum Gasteiger partial charge on any atom is 0.334 e. The molecule has 5 heteroatoms. The fourth-order valence-electron chi connectivity index (χ4n) is 5.53. The monoisotopic (exact) mass is 348 g/mol. The largest absolute Gasteiger partial charge is 0.461 e. The quantitative estimate of drug-likeness (QED) is 0.437. The highest BCUT2D eigenvalue weighted by molar-refractivity contribution is 5.92. The first-order chi connectivity index (χ1) is 12.0. The summed E-state index contributed by atoms with van der Waals surface area (Å²) in [5.74, 6) is -0.00968. The van der Waals surface area contributed by atoms with E-state index in [4.69, 9.17) is 9.84 Å². The molecule has 0 aromatic carbocycles. The first-order valence-electron chi connectivity index (χ1n) is 9.24. The number of aldehydes is 1. The number of carbonyl (C=O) groups is 2. The molecule has 5 nitrogen and oxygen atoms in total. The lowest BCUT2D eigenvalue weighted by Crippen LogP contribution is -2.52. The molecule has 0 bridgehead atoms. The van der Waals surface area contributed by atoms with Gasteiger partial charge in [0.2, 0.25) is 0 Å². The molecule has 3 rings (SSSR count). The molecule has 1 heterocycles. The third-order valence-corrected chi connectivity index (χ3v) is 6.96. The van der Waals surface area contributed by atoms with Crippen molar-refractivity contribution >= 4 is 12.3 Å². The van der Waals surface area contributed by atoms with Gasteiger partial charge in [-0.05, 0) is 55.4 Å². The molecule has 0 radical (unpaired) electrons. The van der Waals surface area contributed by atoms with Crippen LogP contribution in [0.2, 0.25) is 0 Å². The minimum atomic E-state index is -0.246. The number of ether oxygens (including phenoxy) is 1. The van der Waals surface area contributed by atoms with E-state index in [2.05, 4.69) is 6.92 Å². The number of aliphatic hydroxyl groups excluding tert-OH is 2. The van der Waals surface area contributed by atoms with E-state index >= 15 is 0 Å². The Hall–Kier alpha value is -1.46. The van der Waals surface area contributed by atoms with E-state index in [1.54, 1.807) is 6.08 Å². The second kappa shape index (κ2) is 7.04. The molecule has 0 amide bonds. The van der Waals surface area contributed by atoms with Crippen LogP contribution in [0.5, 0.6) is 0 Å². The molecule has 1 saturated heterocycles. The van der Waals surface area contributed by atoms with Gasteiger partial charge >= 0.3 is 5.97 Å². The Kier molecular flexibility index (Phi) is 5.16. The summed E-state index contributed by atoms with van der Waals surface area (Å²) in [6.07, 6.45) is 9.57. The van der Waals surface area contributed by atoms with Gasteiger partial charge in [-0.1, -0.05) is 19.1 Å². The minimum absolute atomic E-state index is 0.0488. The van der Waals surface area contributed by atoms with Crippen LogP contribution >= 0.6 is 0 Å². The van der Waals surface area contributed by atoms with Gasteiger partial charge in [0.25, 0.3) is 0 Å². The second-order valence-electron chi connectivity index (χ2n) is 7.97. The molecule has 2 fully saturated rings. The van der Waals surface area contributed by atoms with Crippen LogP contribution in [0.15, 0.2) is 23.3 Å². The standard InChI is InChI=1S/C20H28O5/c1-19(8-5-14(11-22)7-10-21)15(12-23)6-9-20-13-25-18(24)16(20)3-2-4-17(19)20/h3,7,12,15,17,21-22H,2,4-6,8-11,13H2,1H3. The van der Waals surface area contributed by atoms with Crippen molar-refractivity contribution in [2.45, 2.75) is 45.4 Å². The Labute approximate surface area is 148 Å². The van der Waals surface area contributed by atoms with Gasteiger partial charge in [-0.3, -0.25) is 0 Å². The van der Waals surface area contributed by atoms with Crippen molar-refractivity contribution in [1.82, 2.24) is 0 Å². The van der Waals surface area contributed by atoms with Crippen LogP contribution < -0.4 is 0 Å². The third-order valence-electron chi connectivity index (χ3n) is 6.96. The molecular weight excluding hydrogens is 320 g/mol. The van der Waals surface area contributed by atoms with Gasteiger partial charge in [0.1, 0.15) is 12.9 Å². The molecule has 1 aliphatic heterocycles. The number of cyclic esters (lactones) is 1. The summed E-state index contributed by atoms with van der Waals surface area (Å²) in [6, 6.07) is 0. The second-order valence-corrected chi connectivity index (χ2v) is 7.97. The maximum absolute atomic E-state index is 12.2. The van der Waals surface area contributed by atoms with Gasteiger partial charge in [-0.2, -0.15) is 0 Å². The molecule has 4 unspecified atom stereocenters. The van der Waals surface area contributed by atoms with E-state index < -0.39 is 0 Å². The fraction of sp³-hybridized carbons (Fsp3) is 0.700. The minimum Gasteiger partial charge on any atom is -0.461 e. The van der Waals surface area contributed by atoms with Crippen molar-refractivity contribution in [2.24, 2.45) is 22.7 Å². The maximum atomic E-state index is 12.2. The first-order valence-corrected chi connectivity index (χ1v) is 9.24. The SMILES string of the molecule is CC1(CCC(=CCO)CO)C(C=O)CCC23COC(=O)C2=CCCC31. The highest BCUT2D eigenvalue weighted by Crippen LogP contribution is 2.63. The molecule has 2 aliphatic carbocycles. The topological polar surface area (TPSA) is 83.8 Å². The van der Waals surface area contributed by atoms with Gasteiger partial charge in [0.05, 0.1) is 13.2 Å². The Morgan fingerprint density at radius 3 is 2.88 bits per heavy atom. The van der Waals surface area contributed by atoms with Crippen LogP contribution in [0.3, 0.4) is 0 Å². The highest BCUT2D eigenvalue weighted by atomic mass is 16.5. The van der Waals surface area contributed by atoms with Gasteiger partial charge in [0.15, 0.2) is 0 Å². The summed E-state index contributed by atoms with van der Waals surface area (Å²) in [5, 5.41) is 18.6. The van der Waals surface area contributed by atoms with Crippen LogP contribution in [0.4, 0.5) is 0 Å². The van der Waals surface area contributed by atoms with Crippen molar-refractivity contribution in [3.8, 4) is 0 Å². The summed E-state index contributed by atoms with van der Waals surface area (Å²) in [6.45, 7) is 2.43. The Bertz CT molecular complexity index is 607. The van der Waals surface area contributed by atoms with E-state index in [1.165, 1.54) is 0 Å². The normalized spacial score (nSPS) is 37.8. The van der Waals surface area contributed by atoms with E-state index in [0.717, 1.165) is 49.5 Å². The number of allylic oxidation sites excluding steroid dienone is 1. The molecule has 0 aromatic rings. The molecule has 1 saturated carbocycles. The molecule has 138 valence electrons. The van der Waals surface area contributed by atoms with Gasteiger partial charge < -0.3 is 19.7 Å². The zero-order chi connectivity index (χ0) is 18.1. The summed E-state index contributed by atoms with van der Waals surface area (Å²) < 4.78 is 5.43. The molecule has 2 N–H and O–H groups in total. The van der Waals surface area contributed by atoms with Crippen molar-refractivity contribution in [3.63, 3.8) is 0 Å². The Morgan fingerprint density at radius 1 is 1.40 bits per heavy atom. The zero-order valence-electron chi connectivity index (χ0n) is 14.9. The Morgan fingerprint density at radius 2 is 2.20 bits per heavy atom. The van der Waals surface area contributed by atoms with Crippen molar-refractivity contribution in [1.29, 1.82) is 0 Å². The molecule has 3 aliphatic rings. The number of carbonyl (C=O) groups excluding carboxylic acids is 2. The Balaban J connectivity index is 1.92. The van der Waals surface area contributed by atoms with E-state index in [9.17, 15) is 14.7 Å². The van der Waals surface area contributed by atoms with Crippen molar-refractivity contribution < 1.29 is 24.5 Å². The predicted molar refractivity (Wildman–Crippen MR) is 92.6 cm³/mol. The van der Waals surface area contributed by atoms with E-state index in [1.807, 2.05) is 6.08 Å². The predicted octanol–water partition coefficient (Wildman–Crippen LogP) is 2.17. The lowest BCUT2D eigenvalue weighted by molar-refractivity contribution is -0.136. The van der Waals surface area contributed by atoms with Crippen LogP contribution in [0.1, 0.15) is 45.4 Å². The average molecular weight is 348 g/mol. The number of aliphatic hydroxyl groups is 2. The van der Waals surface area contributed by atoms with Gasteiger partial charge in [-0.25, -0.2) is 4.79 Å². The average Bonchev–Trinajstić information content (AvgIpc) is 2.95. The number of rotatable bonds is 6. The van der Waals surface area contributed by atoms with Crippen LogP contribution in [0.25, 0.3) is 0 Å². The zero-order valence-corrected chi connectivity index (χ0v) is 14.9. The lowest BCUT2D eigenvalue weighted by atomic mass is 9.46. The summed E-state index contributed by atoms with van der Waals surface area (Å²) >= 11 is 0. The lowest BCUT2D eigenvalue weighted by Gasteiger charge is -2.56. The molecule has 25 heavy (non-hydrogen) atoms.